The molecule has 1 N–H and O–H groups in total. The van der Waals surface area contributed by atoms with Crippen molar-refractivity contribution in [1.82, 2.24) is 0 Å². The van der Waals surface area contributed by atoms with E-state index in [4.69, 9.17) is 4.74 Å². The molecule has 3 heteroatoms. The molecule has 4 rings (SSSR count). The van der Waals surface area contributed by atoms with Crippen LogP contribution < -0.4 is 0 Å². The predicted octanol–water partition coefficient (Wildman–Crippen LogP) is 4.02. The molecule has 0 aromatic rings. The summed E-state index contributed by atoms with van der Waals surface area (Å²) in [6, 6.07) is 0. The summed E-state index contributed by atoms with van der Waals surface area (Å²) in [6.45, 7) is 6.19. The fourth-order valence-electron chi connectivity index (χ4n) is 6.49. The van der Waals surface area contributed by atoms with Gasteiger partial charge in [0.05, 0.1) is 6.10 Å². The fraction of sp³-hybridized carbons (Fsp3) is 0.762. The van der Waals surface area contributed by atoms with E-state index in [0.29, 0.717) is 17.8 Å². The number of ether oxygens (including phenoxy) is 1. The van der Waals surface area contributed by atoms with Crippen molar-refractivity contribution < 1.29 is 14.6 Å². The summed E-state index contributed by atoms with van der Waals surface area (Å²) in [5, 5.41) is 10.5. The Morgan fingerprint density at radius 3 is 2.79 bits per heavy atom. The molecule has 3 nitrogen and oxygen atoms in total. The number of hydrogen-bond acceptors (Lipinski definition) is 3. The maximum Gasteiger partial charge on any atom is 0.303 e. The summed E-state index contributed by atoms with van der Waals surface area (Å²) in [6.07, 6.45) is 13.1. The third kappa shape index (κ3) is 2.23. The van der Waals surface area contributed by atoms with E-state index in [1.54, 1.807) is 0 Å². The molecule has 4 unspecified atom stereocenters. The highest BCUT2D eigenvalue weighted by molar-refractivity contribution is 5.66. The van der Waals surface area contributed by atoms with Crippen LogP contribution in [0.15, 0.2) is 23.8 Å². The van der Waals surface area contributed by atoms with Crippen molar-refractivity contribution in [3.63, 3.8) is 0 Å². The SMILES string of the molecule is CC(=O)O[C@H]1C=C[C@@]2(C)C(=CCC3C4CCC(O)[C@@]4(C)CCC32)C1. The van der Waals surface area contributed by atoms with Crippen molar-refractivity contribution in [2.24, 2.45) is 28.6 Å². The largest absolute Gasteiger partial charge is 0.458 e. The van der Waals surface area contributed by atoms with Gasteiger partial charge in [0.25, 0.3) is 0 Å². The van der Waals surface area contributed by atoms with Gasteiger partial charge in [-0.1, -0.05) is 31.6 Å². The lowest BCUT2D eigenvalue weighted by atomic mass is 9.49. The number of allylic oxidation sites excluding steroid dienone is 2. The van der Waals surface area contributed by atoms with Crippen molar-refractivity contribution >= 4 is 5.97 Å². The summed E-state index contributed by atoms with van der Waals surface area (Å²) >= 11 is 0. The van der Waals surface area contributed by atoms with Crippen LogP contribution in [-0.4, -0.2) is 23.3 Å². The monoisotopic (exact) mass is 330 g/mol. The second kappa shape index (κ2) is 5.45. The Kier molecular flexibility index (Phi) is 3.72. The third-order valence-electron chi connectivity index (χ3n) is 7.88. The Morgan fingerprint density at radius 2 is 2.04 bits per heavy atom. The molecule has 0 amide bonds. The molecule has 0 radical (unpaired) electrons. The number of esters is 1. The molecule has 0 heterocycles. The van der Waals surface area contributed by atoms with Gasteiger partial charge >= 0.3 is 5.97 Å². The number of aliphatic hydroxyl groups is 1. The van der Waals surface area contributed by atoms with Gasteiger partial charge in [0.15, 0.2) is 0 Å². The second-order valence-corrected chi connectivity index (χ2v) is 8.97. The minimum Gasteiger partial charge on any atom is -0.458 e. The van der Waals surface area contributed by atoms with Crippen LogP contribution in [0.25, 0.3) is 0 Å². The molecule has 2 saturated carbocycles. The first-order valence-corrected chi connectivity index (χ1v) is 9.59. The number of carbonyl (C=O) groups is 1. The smallest absolute Gasteiger partial charge is 0.303 e. The highest BCUT2D eigenvalue weighted by atomic mass is 16.5. The molecule has 0 bridgehead atoms. The van der Waals surface area contributed by atoms with Crippen LogP contribution in [0.4, 0.5) is 0 Å². The summed E-state index contributed by atoms with van der Waals surface area (Å²) in [5.41, 5.74) is 1.69. The molecule has 0 saturated heterocycles. The van der Waals surface area contributed by atoms with Crippen LogP contribution in [0.2, 0.25) is 0 Å². The molecular weight excluding hydrogens is 300 g/mol. The molecule has 4 aliphatic carbocycles. The Bertz CT molecular complexity index is 606. The molecule has 0 aromatic carbocycles. The Morgan fingerprint density at radius 1 is 1.25 bits per heavy atom. The predicted molar refractivity (Wildman–Crippen MR) is 93.2 cm³/mol. The topological polar surface area (TPSA) is 46.5 Å². The van der Waals surface area contributed by atoms with Gasteiger partial charge < -0.3 is 9.84 Å². The fourth-order valence-corrected chi connectivity index (χ4v) is 6.49. The van der Waals surface area contributed by atoms with E-state index in [1.165, 1.54) is 25.3 Å². The normalized spacial score (nSPS) is 49.7. The molecule has 4 aliphatic rings. The zero-order chi connectivity index (χ0) is 17.1. The molecular formula is C21H30O3. The van der Waals surface area contributed by atoms with E-state index in [9.17, 15) is 9.90 Å². The van der Waals surface area contributed by atoms with Crippen molar-refractivity contribution in [3.8, 4) is 0 Å². The Labute approximate surface area is 145 Å². The van der Waals surface area contributed by atoms with E-state index in [1.807, 2.05) is 0 Å². The van der Waals surface area contributed by atoms with Gasteiger partial charge in [0.2, 0.25) is 0 Å². The van der Waals surface area contributed by atoms with Gasteiger partial charge in [-0.15, -0.1) is 0 Å². The van der Waals surface area contributed by atoms with Crippen LogP contribution in [0.3, 0.4) is 0 Å². The molecule has 0 aromatic heterocycles. The van der Waals surface area contributed by atoms with Gasteiger partial charge in [0, 0.05) is 18.8 Å². The van der Waals surface area contributed by atoms with Crippen molar-refractivity contribution in [3.05, 3.63) is 23.8 Å². The number of hydrogen-bond donors (Lipinski definition) is 1. The summed E-state index contributed by atoms with van der Waals surface area (Å²) in [4.78, 5) is 11.3. The summed E-state index contributed by atoms with van der Waals surface area (Å²) in [5.74, 6) is 1.80. The molecule has 0 aliphatic heterocycles. The lowest BCUT2D eigenvalue weighted by Gasteiger charge is -2.56. The van der Waals surface area contributed by atoms with Crippen molar-refractivity contribution in [1.29, 1.82) is 0 Å². The number of fused-ring (bicyclic) bond motifs is 5. The van der Waals surface area contributed by atoms with Crippen LogP contribution in [-0.2, 0) is 9.53 Å². The van der Waals surface area contributed by atoms with E-state index in [2.05, 4.69) is 32.1 Å². The first-order valence-electron chi connectivity index (χ1n) is 9.59. The average molecular weight is 330 g/mol. The first kappa shape index (κ1) is 16.4. The Balaban J connectivity index is 1.62. The summed E-state index contributed by atoms with van der Waals surface area (Å²) in [7, 11) is 0. The van der Waals surface area contributed by atoms with Gasteiger partial charge in [-0.05, 0) is 61.3 Å². The molecule has 0 spiro atoms. The lowest BCUT2D eigenvalue weighted by molar-refractivity contribution is -0.144. The van der Waals surface area contributed by atoms with Crippen molar-refractivity contribution in [2.75, 3.05) is 0 Å². The molecule has 7 atom stereocenters. The van der Waals surface area contributed by atoms with E-state index >= 15 is 0 Å². The van der Waals surface area contributed by atoms with Crippen LogP contribution in [0.1, 0.15) is 59.3 Å². The minimum absolute atomic E-state index is 0.0967. The van der Waals surface area contributed by atoms with E-state index < -0.39 is 0 Å². The zero-order valence-corrected chi connectivity index (χ0v) is 15.1. The van der Waals surface area contributed by atoms with Crippen LogP contribution >= 0.6 is 0 Å². The van der Waals surface area contributed by atoms with Gasteiger partial charge in [-0.2, -0.15) is 0 Å². The maximum atomic E-state index is 11.3. The van der Waals surface area contributed by atoms with Gasteiger partial charge in [0.1, 0.15) is 6.10 Å². The molecule has 132 valence electrons. The van der Waals surface area contributed by atoms with E-state index in [0.717, 1.165) is 25.7 Å². The van der Waals surface area contributed by atoms with Crippen LogP contribution in [0.5, 0.6) is 0 Å². The van der Waals surface area contributed by atoms with Gasteiger partial charge in [-0.3, -0.25) is 4.79 Å². The second-order valence-electron chi connectivity index (χ2n) is 8.97. The average Bonchev–Trinajstić information content (AvgIpc) is 2.83. The maximum absolute atomic E-state index is 11.3. The number of aliphatic hydroxyl groups excluding tert-OH is 1. The molecule has 2 fully saturated rings. The quantitative estimate of drug-likeness (QED) is 0.583. The van der Waals surface area contributed by atoms with Gasteiger partial charge in [-0.25, -0.2) is 0 Å². The Hall–Kier alpha value is -1.09. The lowest BCUT2D eigenvalue weighted by Crippen LogP contribution is -2.50. The highest BCUT2D eigenvalue weighted by Gasteiger charge is 2.57. The standard InChI is InChI=1S/C21H30O3/c1-13(22)24-15-8-10-20(2)14(12-15)4-5-16-17-6-7-19(23)21(17,3)11-9-18(16)20/h4,8,10,15-19,23H,5-7,9,11-12H2,1-3H3/t15-,16?,17?,18?,19?,20-,21-/m0/s1. The van der Waals surface area contributed by atoms with E-state index in [-0.39, 0.29) is 29.0 Å². The van der Waals surface area contributed by atoms with Crippen molar-refractivity contribution in [2.45, 2.75) is 71.5 Å². The van der Waals surface area contributed by atoms with Crippen LogP contribution in [0, 0.1) is 28.6 Å². The minimum atomic E-state index is -0.198. The summed E-state index contributed by atoms with van der Waals surface area (Å²) < 4.78 is 5.42. The zero-order valence-electron chi connectivity index (χ0n) is 15.1. The number of rotatable bonds is 1. The first-order chi connectivity index (χ1) is 11.3. The molecule has 24 heavy (non-hydrogen) atoms. The highest BCUT2D eigenvalue weighted by Crippen LogP contribution is 2.63. The third-order valence-corrected chi connectivity index (χ3v) is 7.88. The number of carbonyl (C=O) groups excluding carboxylic acids is 1.